The SMILES string of the molecule is CCOP(=O)(CNC(=O)CN(Cc1ccccc1)C(=O)[C@@H](C)[C@H]1CC[C@H]2[C@@H]3CC=C4C[C@@H](O)CC[C@]4(C)[C@H]3CC[C@]12C)OCC. The zero-order chi connectivity index (χ0) is 32.4. The molecule has 5 rings (SSSR count). The zero-order valence-corrected chi connectivity index (χ0v) is 28.9. The van der Waals surface area contributed by atoms with Crippen molar-refractivity contribution in [3.8, 4) is 0 Å². The van der Waals surface area contributed by atoms with Crippen molar-refractivity contribution in [3.63, 3.8) is 0 Å². The minimum atomic E-state index is -3.45. The molecule has 0 bridgehead atoms. The molecule has 8 atom stereocenters. The van der Waals surface area contributed by atoms with Crippen LogP contribution in [0, 0.1) is 40.4 Å². The first kappa shape index (κ1) is 34.3. The molecule has 0 radical (unpaired) electrons. The summed E-state index contributed by atoms with van der Waals surface area (Å²) in [4.78, 5) is 29.2. The molecule has 4 aliphatic carbocycles. The van der Waals surface area contributed by atoms with Crippen LogP contribution in [0.1, 0.15) is 91.5 Å². The number of carbonyl (C=O) groups excluding carboxylic acids is 2. The molecule has 3 saturated carbocycles. The summed E-state index contributed by atoms with van der Waals surface area (Å²) in [5.74, 6) is 1.50. The van der Waals surface area contributed by atoms with Crippen molar-refractivity contribution in [2.45, 2.75) is 98.6 Å². The Labute approximate surface area is 270 Å². The van der Waals surface area contributed by atoms with Gasteiger partial charge in [-0.25, -0.2) is 0 Å². The van der Waals surface area contributed by atoms with Gasteiger partial charge in [-0.3, -0.25) is 14.2 Å². The summed E-state index contributed by atoms with van der Waals surface area (Å²) in [5.41, 5.74) is 2.72. The van der Waals surface area contributed by atoms with Gasteiger partial charge in [-0.05, 0) is 105 Å². The van der Waals surface area contributed by atoms with E-state index in [0.717, 1.165) is 50.5 Å². The lowest BCUT2D eigenvalue weighted by Crippen LogP contribution is -2.52. The minimum Gasteiger partial charge on any atom is -0.393 e. The molecule has 0 aliphatic heterocycles. The van der Waals surface area contributed by atoms with Crippen molar-refractivity contribution >= 4 is 19.4 Å². The van der Waals surface area contributed by atoms with Crippen LogP contribution < -0.4 is 5.32 Å². The van der Waals surface area contributed by atoms with Crippen molar-refractivity contribution in [1.29, 1.82) is 0 Å². The summed E-state index contributed by atoms with van der Waals surface area (Å²) in [6, 6.07) is 9.79. The van der Waals surface area contributed by atoms with E-state index >= 15 is 0 Å². The molecule has 0 spiro atoms. The van der Waals surface area contributed by atoms with Crippen molar-refractivity contribution in [2.24, 2.45) is 40.4 Å². The second kappa shape index (κ2) is 14.0. The number of nitrogens with one attached hydrogen (secondary N) is 1. The maximum absolute atomic E-state index is 14.4. The number of amides is 2. The third-order valence-electron chi connectivity index (χ3n) is 12.1. The van der Waals surface area contributed by atoms with Crippen LogP contribution in [0.3, 0.4) is 0 Å². The summed E-state index contributed by atoms with van der Waals surface area (Å²) in [6.45, 7) is 11.1. The second-order valence-corrected chi connectivity index (χ2v) is 16.6. The van der Waals surface area contributed by atoms with Crippen LogP contribution in [0.25, 0.3) is 0 Å². The number of allylic oxidation sites excluding steroid dienone is 1. The molecule has 2 N–H and O–H groups in total. The van der Waals surface area contributed by atoms with Gasteiger partial charge in [-0.2, -0.15) is 0 Å². The van der Waals surface area contributed by atoms with Gasteiger partial charge in [-0.1, -0.05) is 62.8 Å². The van der Waals surface area contributed by atoms with Crippen LogP contribution in [0.4, 0.5) is 0 Å². The maximum atomic E-state index is 14.4. The Morgan fingerprint density at radius 2 is 1.76 bits per heavy atom. The number of nitrogens with zero attached hydrogens (tertiary/aromatic N) is 1. The highest BCUT2D eigenvalue weighted by Crippen LogP contribution is 2.67. The van der Waals surface area contributed by atoms with Crippen LogP contribution in [0.2, 0.25) is 0 Å². The number of fused-ring (bicyclic) bond motifs is 5. The maximum Gasteiger partial charge on any atom is 0.349 e. The molecule has 8 nitrogen and oxygen atoms in total. The van der Waals surface area contributed by atoms with E-state index in [2.05, 4.69) is 32.2 Å². The number of hydrogen-bond donors (Lipinski definition) is 2. The van der Waals surface area contributed by atoms with E-state index in [1.165, 1.54) is 12.0 Å². The topological polar surface area (TPSA) is 105 Å². The van der Waals surface area contributed by atoms with Crippen LogP contribution in [-0.4, -0.2) is 54.0 Å². The minimum absolute atomic E-state index is 0.000133. The van der Waals surface area contributed by atoms with Crippen molar-refractivity contribution in [2.75, 3.05) is 26.0 Å². The average molecular weight is 643 g/mol. The first-order valence-electron chi connectivity index (χ1n) is 17.3. The fraction of sp³-hybridized carbons (Fsp3) is 0.722. The lowest BCUT2D eigenvalue weighted by Gasteiger charge is -2.58. The first-order valence-corrected chi connectivity index (χ1v) is 19.0. The molecule has 4 aliphatic rings. The molecule has 0 aromatic heterocycles. The molecule has 2 amide bonds. The highest BCUT2D eigenvalue weighted by molar-refractivity contribution is 7.53. The standard InChI is InChI=1S/C36H55N2O6P/c1-6-43-45(42,44-7-2)24-37-33(40)23-38(22-26-11-9-8-10-12-26)34(41)25(3)30-15-16-31-29-14-13-27-21-28(39)17-19-35(27,4)32(29)18-20-36(30,31)5/h8-13,25,28-32,39H,6-7,14-24H2,1-5H3,(H,37,40)/t25-,28-,29-,30+,31-,32-,35-,36+/m0/s1. The lowest BCUT2D eigenvalue weighted by molar-refractivity contribution is -0.143. The summed E-state index contributed by atoms with van der Waals surface area (Å²) in [6.07, 6.45) is 10.4. The third kappa shape index (κ3) is 7.00. The molecule has 1 aromatic rings. The number of aliphatic hydroxyl groups excluding tert-OH is 1. The molecule has 9 heteroatoms. The summed E-state index contributed by atoms with van der Waals surface area (Å²) in [7, 11) is -3.45. The molecular formula is C36H55N2O6P. The van der Waals surface area contributed by atoms with Gasteiger partial charge in [0.15, 0.2) is 0 Å². The van der Waals surface area contributed by atoms with Gasteiger partial charge in [0.2, 0.25) is 11.8 Å². The molecule has 0 saturated heterocycles. The predicted molar refractivity (Wildman–Crippen MR) is 176 cm³/mol. The van der Waals surface area contributed by atoms with E-state index in [-0.39, 0.29) is 66.6 Å². The van der Waals surface area contributed by atoms with E-state index in [0.29, 0.717) is 24.3 Å². The Morgan fingerprint density at radius 3 is 2.44 bits per heavy atom. The Kier molecular flexibility index (Phi) is 10.7. The van der Waals surface area contributed by atoms with Gasteiger partial charge in [0.05, 0.1) is 25.9 Å². The molecule has 1 aromatic carbocycles. The van der Waals surface area contributed by atoms with Crippen LogP contribution in [0.5, 0.6) is 0 Å². The van der Waals surface area contributed by atoms with Crippen molar-refractivity contribution in [1.82, 2.24) is 10.2 Å². The van der Waals surface area contributed by atoms with Crippen LogP contribution >= 0.6 is 7.60 Å². The van der Waals surface area contributed by atoms with Gasteiger partial charge in [0.25, 0.3) is 0 Å². The fourth-order valence-electron chi connectivity index (χ4n) is 9.92. The zero-order valence-electron chi connectivity index (χ0n) is 28.0. The van der Waals surface area contributed by atoms with Gasteiger partial charge in [0, 0.05) is 12.5 Å². The van der Waals surface area contributed by atoms with Crippen LogP contribution in [-0.2, 0) is 29.7 Å². The smallest absolute Gasteiger partial charge is 0.349 e. The number of hydrogen-bond acceptors (Lipinski definition) is 6. The molecule has 250 valence electrons. The quantitative estimate of drug-likeness (QED) is 0.189. The molecule has 0 unspecified atom stereocenters. The largest absolute Gasteiger partial charge is 0.393 e. The van der Waals surface area contributed by atoms with Gasteiger partial charge in [0.1, 0.15) is 6.29 Å². The van der Waals surface area contributed by atoms with Gasteiger partial charge >= 0.3 is 7.60 Å². The molecule has 3 fully saturated rings. The van der Waals surface area contributed by atoms with Crippen molar-refractivity contribution in [3.05, 3.63) is 47.5 Å². The summed E-state index contributed by atoms with van der Waals surface area (Å²) in [5, 5.41) is 13.1. The third-order valence-corrected chi connectivity index (χ3v) is 14.0. The van der Waals surface area contributed by atoms with Crippen molar-refractivity contribution < 1.29 is 28.3 Å². The average Bonchev–Trinajstić information content (AvgIpc) is 3.37. The normalized spacial score (nSPS) is 33.3. The Morgan fingerprint density at radius 1 is 1.04 bits per heavy atom. The van der Waals surface area contributed by atoms with Crippen LogP contribution in [0.15, 0.2) is 42.0 Å². The monoisotopic (exact) mass is 642 g/mol. The van der Waals surface area contributed by atoms with E-state index in [4.69, 9.17) is 9.05 Å². The molecule has 0 heterocycles. The lowest BCUT2D eigenvalue weighted by atomic mass is 9.47. The predicted octanol–water partition coefficient (Wildman–Crippen LogP) is 6.93. The number of carbonyl (C=O) groups is 2. The first-order chi connectivity index (χ1) is 21.4. The van der Waals surface area contributed by atoms with Gasteiger partial charge < -0.3 is 24.4 Å². The van der Waals surface area contributed by atoms with E-state index in [9.17, 15) is 19.3 Å². The Bertz CT molecular complexity index is 1280. The highest BCUT2D eigenvalue weighted by atomic mass is 31.2. The number of benzene rings is 1. The number of rotatable bonds is 12. The number of aliphatic hydroxyl groups is 1. The summed E-state index contributed by atoms with van der Waals surface area (Å²) >= 11 is 0. The van der Waals surface area contributed by atoms with E-state index in [1.54, 1.807) is 18.7 Å². The summed E-state index contributed by atoms with van der Waals surface area (Å²) < 4.78 is 23.6. The highest BCUT2D eigenvalue weighted by Gasteiger charge is 2.60. The molecule has 45 heavy (non-hydrogen) atoms. The van der Waals surface area contributed by atoms with E-state index in [1.807, 2.05) is 30.3 Å². The Balaban J connectivity index is 1.31. The van der Waals surface area contributed by atoms with E-state index < -0.39 is 7.60 Å². The fourth-order valence-corrected chi connectivity index (χ4v) is 11.3. The molecular weight excluding hydrogens is 587 g/mol. The Hall–Kier alpha value is -1.99. The van der Waals surface area contributed by atoms with Gasteiger partial charge in [-0.15, -0.1) is 0 Å². The second-order valence-electron chi connectivity index (χ2n) is 14.6.